The molecule has 0 unspecified atom stereocenters. The third-order valence-corrected chi connectivity index (χ3v) is 7.37. The van der Waals surface area contributed by atoms with Crippen LogP contribution < -0.4 is 10.6 Å². The molecule has 1 saturated carbocycles. The fourth-order valence-corrected chi connectivity index (χ4v) is 5.13. The zero-order valence-electron chi connectivity index (χ0n) is 20.7. The maximum absolute atomic E-state index is 5.67. The summed E-state index contributed by atoms with van der Waals surface area (Å²) in [5, 5.41) is 7.20. The largest absolute Gasteiger partial charge is 0.382 e. The van der Waals surface area contributed by atoms with Crippen LogP contribution in [0.4, 0.5) is 0 Å². The van der Waals surface area contributed by atoms with Gasteiger partial charge in [0.05, 0.1) is 0 Å². The van der Waals surface area contributed by atoms with Gasteiger partial charge in [-0.3, -0.25) is 9.89 Å². The first-order valence-electron chi connectivity index (χ1n) is 12.7. The topological polar surface area (TPSA) is 52.1 Å². The van der Waals surface area contributed by atoms with E-state index in [2.05, 4.69) is 63.5 Å². The van der Waals surface area contributed by atoms with Crippen LogP contribution in [0.5, 0.6) is 0 Å². The van der Waals surface area contributed by atoms with Gasteiger partial charge in [0.25, 0.3) is 0 Å². The molecule has 0 aromatic heterocycles. The average Bonchev–Trinajstić information content (AvgIpc) is 3.30. The maximum atomic E-state index is 5.67. The van der Waals surface area contributed by atoms with Gasteiger partial charge >= 0.3 is 0 Å². The standard InChI is InChI=1S/C26H45N5O/c1-4-30-15-17-31(18-16-30)21-24-11-7-6-10-23(24)20-28-25(27-3)29-22-26(12-8-9-13-26)14-19-32-5-2/h6-7,10-11H,4-5,8-9,12-22H2,1-3H3,(H2,27,28,29). The molecule has 32 heavy (non-hydrogen) atoms. The first-order valence-corrected chi connectivity index (χ1v) is 12.7. The van der Waals surface area contributed by atoms with Crippen LogP contribution in [0.2, 0.25) is 0 Å². The highest BCUT2D eigenvalue weighted by Crippen LogP contribution is 2.40. The van der Waals surface area contributed by atoms with Crippen LogP contribution in [-0.2, 0) is 17.8 Å². The van der Waals surface area contributed by atoms with Gasteiger partial charge in [0.15, 0.2) is 5.96 Å². The van der Waals surface area contributed by atoms with Gasteiger partial charge in [0.1, 0.15) is 0 Å². The van der Waals surface area contributed by atoms with Crippen molar-refractivity contribution < 1.29 is 4.74 Å². The molecule has 0 spiro atoms. The fourth-order valence-electron chi connectivity index (χ4n) is 5.13. The summed E-state index contributed by atoms with van der Waals surface area (Å²) in [6, 6.07) is 8.84. The van der Waals surface area contributed by atoms with Crippen LogP contribution >= 0.6 is 0 Å². The van der Waals surface area contributed by atoms with E-state index >= 15 is 0 Å². The van der Waals surface area contributed by atoms with E-state index in [0.29, 0.717) is 5.41 Å². The number of hydrogen-bond acceptors (Lipinski definition) is 4. The number of likely N-dealkylation sites (N-methyl/N-ethyl adjacent to an activating group) is 1. The van der Waals surface area contributed by atoms with Gasteiger partial charge in [0, 0.05) is 66.1 Å². The Morgan fingerprint density at radius 1 is 1.00 bits per heavy atom. The molecule has 6 nitrogen and oxygen atoms in total. The van der Waals surface area contributed by atoms with E-state index in [0.717, 1.165) is 64.9 Å². The third kappa shape index (κ3) is 7.46. The predicted molar refractivity (Wildman–Crippen MR) is 134 cm³/mol. The molecule has 0 amide bonds. The molecule has 1 heterocycles. The molecule has 2 fully saturated rings. The highest BCUT2D eigenvalue weighted by molar-refractivity contribution is 5.79. The minimum atomic E-state index is 0.353. The summed E-state index contributed by atoms with van der Waals surface area (Å²) in [5.74, 6) is 0.902. The Morgan fingerprint density at radius 3 is 2.34 bits per heavy atom. The second-order valence-corrected chi connectivity index (χ2v) is 9.41. The average molecular weight is 444 g/mol. The predicted octanol–water partition coefficient (Wildman–Crippen LogP) is 3.48. The first kappa shape index (κ1) is 25.0. The zero-order valence-corrected chi connectivity index (χ0v) is 20.7. The van der Waals surface area contributed by atoms with Gasteiger partial charge < -0.3 is 20.3 Å². The number of hydrogen-bond donors (Lipinski definition) is 2. The smallest absolute Gasteiger partial charge is 0.191 e. The third-order valence-electron chi connectivity index (χ3n) is 7.37. The van der Waals surface area contributed by atoms with Crippen molar-refractivity contribution in [2.24, 2.45) is 10.4 Å². The number of rotatable bonds is 11. The lowest BCUT2D eigenvalue weighted by atomic mass is 9.83. The van der Waals surface area contributed by atoms with Gasteiger partial charge in [-0.2, -0.15) is 0 Å². The lowest BCUT2D eigenvalue weighted by Gasteiger charge is -2.34. The van der Waals surface area contributed by atoms with Crippen LogP contribution in [-0.4, -0.2) is 75.3 Å². The van der Waals surface area contributed by atoms with Crippen LogP contribution in [0.1, 0.15) is 57.1 Å². The van der Waals surface area contributed by atoms with E-state index in [1.54, 1.807) is 0 Å². The Balaban J connectivity index is 1.50. The highest BCUT2D eigenvalue weighted by atomic mass is 16.5. The fraction of sp³-hybridized carbons (Fsp3) is 0.731. The molecule has 1 aromatic rings. The van der Waals surface area contributed by atoms with Crippen LogP contribution in [0, 0.1) is 5.41 Å². The molecule has 2 N–H and O–H groups in total. The molecule has 180 valence electrons. The molecule has 1 saturated heterocycles. The summed E-state index contributed by atoms with van der Waals surface area (Å²) < 4.78 is 5.67. The summed E-state index contributed by atoms with van der Waals surface area (Å²) in [7, 11) is 1.87. The van der Waals surface area contributed by atoms with Crippen molar-refractivity contribution in [3.8, 4) is 0 Å². The van der Waals surface area contributed by atoms with E-state index in [1.165, 1.54) is 49.9 Å². The zero-order chi connectivity index (χ0) is 22.7. The summed E-state index contributed by atoms with van der Waals surface area (Å²) in [5.41, 5.74) is 3.13. The normalized spacial score (nSPS) is 19.9. The maximum Gasteiger partial charge on any atom is 0.191 e. The second kappa shape index (κ2) is 13.2. The van der Waals surface area contributed by atoms with E-state index in [1.807, 2.05) is 7.05 Å². The Kier molecular flexibility index (Phi) is 10.3. The van der Waals surface area contributed by atoms with Crippen LogP contribution in [0.15, 0.2) is 29.3 Å². The molecule has 0 atom stereocenters. The van der Waals surface area contributed by atoms with E-state index in [4.69, 9.17) is 4.74 Å². The van der Waals surface area contributed by atoms with Gasteiger partial charge in [0.2, 0.25) is 0 Å². The molecule has 2 aliphatic rings. The molecule has 6 heteroatoms. The van der Waals surface area contributed by atoms with Crippen molar-refractivity contribution in [3.05, 3.63) is 35.4 Å². The molecule has 3 rings (SSSR count). The van der Waals surface area contributed by atoms with Crippen LogP contribution in [0.3, 0.4) is 0 Å². The lowest BCUT2D eigenvalue weighted by molar-refractivity contribution is 0.105. The Hall–Kier alpha value is -1.63. The van der Waals surface area contributed by atoms with E-state index in [9.17, 15) is 0 Å². The second-order valence-electron chi connectivity index (χ2n) is 9.41. The Bertz CT molecular complexity index is 693. The van der Waals surface area contributed by atoms with Crippen molar-refractivity contribution in [1.29, 1.82) is 0 Å². The van der Waals surface area contributed by atoms with Gasteiger partial charge in [-0.15, -0.1) is 0 Å². The number of benzene rings is 1. The number of ether oxygens (including phenoxy) is 1. The minimum absolute atomic E-state index is 0.353. The monoisotopic (exact) mass is 443 g/mol. The van der Waals surface area contributed by atoms with Crippen molar-refractivity contribution in [2.45, 2.75) is 59.0 Å². The van der Waals surface area contributed by atoms with Crippen molar-refractivity contribution in [2.75, 3.05) is 59.5 Å². The minimum Gasteiger partial charge on any atom is -0.382 e. The number of nitrogens with zero attached hydrogens (tertiary/aromatic N) is 3. The number of piperazine rings is 1. The van der Waals surface area contributed by atoms with E-state index < -0.39 is 0 Å². The van der Waals surface area contributed by atoms with Gasteiger partial charge in [-0.05, 0) is 49.3 Å². The van der Waals surface area contributed by atoms with Crippen molar-refractivity contribution >= 4 is 5.96 Å². The quantitative estimate of drug-likeness (QED) is 0.312. The summed E-state index contributed by atoms with van der Waals surface area (Å²) in [6.45, 7) is 14.6. The van der Waals surface area contributed by atoms with E-state index in [-0.39, 0.29) is 0 Å². The molecular formula is C26H45N5O. The number of guanidine groups is 1. The van der Waals surface area contributed by atoms with Crippen LogP contribution in [0.25, 0.3) is 0 Å². The first-order chi connectivity index (χ1) is 15.7. The van der Waals surface area contributed by atoms with Crippen molar-refractivity contribution in [3.63, 3.8) is 0 Å². The van der Waals surface area contributed by atoms with Gasteiger partial charge in [-0.1, -0.05) is 44.0 Å². The summed E-state index contributed by atoms with van der Waals surface area (Å²) in [6.07, 6.45) is 6.38. The summed E-state index contributed by atoms with van der Waals surface area (Å²) >= 11 is 0. The summed E-state index contributed by atoms with van der Waals surface area (Å²) in [4.78, 5) is 9.62. The molecular weight excluding hydrogens is 398 g/mol. The number of aliphatic imine (C=N–C) groups is 1. The molecule has 1 aliphatic carbocycles. The molecule has 1 aromatic carbocycles. The number of nitrogens with one attached hydrogen (secondary N) is 2. The lowest BCUT2D eigenvalue weighted by Crippen LogP contribution is -2.45. The Morgan fingerprint density at radius 2 is 1.69 bits per heavy atom. The Labute approximate surface area is 195 Å². The highest BCUT2D eigenvalue weighted by Gasteiger charge is 2.33. The molecule has 0 radical (unpaired) electrons. The van der Waals surface area contributed by atoms with Crippen molar-refractivity contribution in [1.82, 2.24) is 20.4 Å². The van der Waals surface area contributed by atoms with Gasteiger partial charge in [-0.25, -0.2) is 0 Å². The SMILES string of the molecule is CCOCCC1(CNC(=NC)NCc2ccccc2CN2CCN(CC)CC2)CCCC1. The molecule has 1 aliphatic heterocycles. The molecule has 0 bridgehead atoms.